The van der Waals surface area contributed by atoms with E-state index in [9.17, 15) is 4.79 Å². The molecule has 0 bridgehead atoms. The van der Waals surface area contributed by atoms with Gasteiger partial charge in [0.05, 0.1) is 6.61 Å². The van der Waals surface area contributed by atoms with Gasteiger partial charge < -0.3 is 10.1 Å². The first kappa shape index (κ1) is 18.4. The minimum atomic E-state index is -0.235. The molecule has 0 saturated carbocycles. The van der Waals surface area contributed by atoms with Crippen LogP contribution in [-0.4, -0.2) is 12.5 Å². The summed E-state index contributed by atoms with van der Waals surface area (Å²) in [6.07, 6.45) is 5.20. The Morgan fingerprint density at radius 2 is 1.92 bits per heavy atom. The van der Waals surface area contributed by atoms with Gasteiger partial charge in [-0.3, -0.25) is 4.79 Å². The molecule has 0 saturated heterocycles. The lowest BCUT2D eigenvalue weighted by atomic mass is 10.2. The minimum Gasteiger partial charge on any atom is -0.494 e. The van der Waals surface area contributed by atoms with Crippen molar-refractivity contribution in [1.29, 1.82) is 0 Å². The maximum absolute atomic E-state index is 12.0. The molecule has 0 aliphatic carbocycles. The van der Waals surface area contributed by atoms with E-state index in [4.69, 9.17) is 27.9 Å². The second-order valence-corrected chi connectivity index (χ2v) is 6.06. The number of nitrogens with one attached hydrogen (secondary N) is 1. The van der Waals surface area contributed by atoms with Gasteiger partial charge in [0, 0.05) is 21.8 Å². The van der Waals surface area contributed by atoms with Gasteiger partial charge in [0.2, 0.25) is 5.91 Å². The number of rotatable bonds is 7. The van der Waals surface area contributed by atoms with Crippen molar-refractivity contribution >= 4 is 40.9 Å². The highest BCUT2D eigenvalue weighted by Crippen LogP contribution is 2.22. The number of hydrogen-bond donors (Lipinski definition) is 1. The number of benzene rings is 2. The van der Waals surface area contributed by atoms with Crippen LogP contribution < -0.4 is 10.1 Å². The van der Waals surface area contributed by atoms with Crippen molar-refractivity contribution in [3.8, 4) is 5.75 Å². The lowest BCUT2D eigenvalue weighted by molar-refractivity contribution is -0.111. The minimum absolute atomic E-state index is 0.235. The molecule has 1 N–H and O–H groups in total. The molecule has 0 aliphatic rings. The van der Waals surface area contributed by atoms with Crippen LogP contribution in [0.25, 0.3) is 6.08 Å². The monoisotopic (exact) mass is 363 g/mol. The summed E-state index contributed by atoms with van der Waals surface area (Å²) in [6, 6.07) is 12.4. The van der Waals surface area contributed by atoms with Gasteiger partial charge in [0.1, 0.15) is 5.75 Å². The zero-order valence-electron chi connectivity index (χ0n) is 13.4. The first-order chi connectivity index (χ1) is 11.6. The highest BCUT2D eigenvalue weighted by Gasteiger charge is 2.01. The molecule has 0 spiro atoms. The van der Waals surface area contributed by atoms with Gasteiger partial charge in [-0.15, -0.1) is 0 Å². The van der Waals surface area contributed by atoms with Crippen LogP contribution in [0.2, 0.25) is 10.0 Å². The van der Waals surface area contributed by atoms with Crippen LogP contribution in [-0.2, 0) is 4.79 Å². The molecule has 24 heavy (non-hydrogen) atoms. The van der Waals surface area contributed by atoms with E-state index in [-0.39, 0.29) is 5.91 Å². The molecule has 0 unspecified atom stereocenters. The van der Waals surface area contributed by atoms with Crippen LogP contribution >= 0.6 is 23.2 Å². The number of carbonyl (C=O) groups is 1. The number of anilines is 1. The summed E-state index contributed by atoms with van der Waals surface area (Å²) in [5.41, 5.74) is 1.44. The lowest BCUT2D eigenvalue weighted by Crippen LogP contribution is -2.07. The fourth-order valence-corrected chi connectivity index (χ4v) is 2.43. The molecule has 0 fully saturated rings. The summed E-state index contributed by atoms with van der Waals surface area (Å²) in [6.45, 7) is 2.82. The van der Waals surface area contributed by atoms with Crippen LogP contribution in [0.5, 0.6) is 5.75 Å². The number of amides is 1. The smallest absolute Gasteiger partial charge is 0.248 e. The van der Waals surface area contributed by atoms with Crippen molar-refractivity contribution in [3.05, 3.63) is 64.1 Å². The zero-order chi connectivity index (χ0) is 17.4. The SMILES string of the molecule is CCCCOc1ccc(NC(=O)/C=C/c2ccc(Cl)cc2Cl)cc1. The number of hydrogen-bond acceptors (Lipinski definition) is 2. The van der Waals surface area contributed by atoms with Gasteiger partial charge in [0.15, 0.2) is 0 Å². The Kier molecular flexibility index (Phi) is 7.16. The summed E-state index contributed by atoms with van der Waals surface area (Å²) in [4.78, 5) is 12.0. The van der Waals surface area contributed by atoms with Gasteiger partial charge in [-0.2, -0.15) is 0 Å². The normalized spacial score (nSPS) is 10.8. The summed E-state index contributed by atoms with van der Waals surface area (Å²) in [7, 11) is 0. The quantitative estimate of drug-likeness (QED) is 0.496. The van der Waals surface area contributed by atoms with Gasteiger partial charge in [0.25, 0.3) is 0 Å². The van der Waals surface area contributed by atoms with Crippen LogP contribution in [0.15, 0.2) is 48.5 Å². The molecule has 126 valence electrons. The Balaban J connectivity index is 1.90. The van der Waals surface area contributed by atoms with E-state index in [1.54, 1.807) is 24.3 Å². The molecule has 5 heteroatoms. The molecular formula is C19H19Cl2NO2. The third-order valence-corrected chi connectivity index (χ3v) is 3.83. The van der Waals surface area contributed by atoms with E-state index in [0.29, 0.717) is 22.3 Å². The molecule has 0 aromatic heterocycles. The van der Waals surface area contributed by atoms with Crippen molar-refractivity contribution in [2.24, 2.45) is 0 Å². The second kappa shape index (κ2) is 9.36. The predicted molar refractivity (Wildman–Crippen MR) is 101 cm³/mol. The molecule has 2 aromatic rings. The molecule has 0 radical (unpaired) electrons. The van der Waals surface area contributed by atoms with Gasteiger partial charge in [-0.1, -0.05) is 42.6 Å². The topological polar surface area (TPSA) is 38.3 Å². The van der Waals surface area contributed by atoms with Crippen LogP contribution in [0.4, 0.5) is 5.69 Å². The summed E-state index contributed by atoms with van der Waals surface area (Å²) in [5.74, 6) is 0.561. The van der Waals surface area contributed by atoms with E-state index in [0.717, 1.165) is 24.2 Å². The molecule has 2 rings (SSSR count). The summed E-state index contributed by atoms with van der Waals surface area (Å²) >= 11 is 11.9. The molecule has 1 amide bonds. The van der Waals surface area contributed by atoms with Crippen LogP contribution in [0.1, 0.15) is 25.3 Å². The highest BCUT2D eigenvalue weighted by atomic mass is 35.5. The van der Waals surface area contributed by atoms with Crippen molar-refractivity contribution in [2.75, 3.05) is 11.9 Å². The van der Waals surface area contributed by atoms with E-state index in [1.165, 1.54) is 6.08 Å². The molecular weight excluding hydrogens is 345 g/mol. The first-order valence-electron chi connectivity index (χ1n) is 7.75. The Hall–Kier alpha value is -1.97. The first-order valence-corrected chi connectivity index (χ1v) is 8.51. The van der Waals surface area contributed by atoms with Crippen molar-refractivity contribution in [3.63, 3.8) is 0 Å². The molecule has 0 aliphatic heterocycles. The van der Waals surface area contributed by atoms with E-state index in [1.807, 2.05) is 24.3 Å². The molecule has 2 aromatic carbocycles. The number of ether oxygens (including phenoxy) is 1. The molecule has 3 nitrogen and oxygen atoms in total. The lowest BCUT2D eigenvalue weighted by Gasteiger charge is -2.07. The average molecular weight is 364 g/mol. The Morgan fingerprint density at radius 3 is 2.58 bits per heavy atom. The van der Waals surface area contributed by atoms with Crippen molar-refractivity contribution < 1.29 is 9.53 Å². The van der Waals surface area contributed by atoms with Crippen LogP contribution in [0.3, 0.4) is 0 Å². The van der Waals surface area contributed by atoms with Crippen LogP contribution in [0, 0.1) is 0 Å². The number of unbranched alkanes of at least 4 members (excludes halogenated alkanes) is 1. The predicted octanol–water partition coefficient (Wildman–Crippen LogP) is 5.82. The van der Waals surface area contributed by atoms with Gasteiger partial charge in [-0.25, -0.2) is 0 Å². The van der Waals surface area contributed by atoms with E-state index < -0.39 is 0 Å². The maximum atomic E-state index is 12.0. The Morgan fingerprint density at radius 1 is 1.17 bits per heavy atom. The largest absolute Gasteiger partial charge is 0.494 e. The fourth-order valence-electron chi connectivity index (χ4n) is 1.95. The third kappa shape index (κ3) is 5.91. The third-order valence-electron chi connectivity index (χ3n) is 3.27. The fraction of sp³-hybridized carbons (Fsp3) is 0.211. The van der Waals surface area contributed by atoms with Crippen molar-refractivity contribution in [1.82, 2.24) is 0 Å². The van der Waals surface area contributed by atoms with Gasteiger partial charge >= 0.3 is 0 Å². The van der Waals surface area contributed by atoms with E-state index in [2.05, 4.69) is 12.2 Å². The summed E-state index contributed by atoms with van der Waals surface area (Å²) < 4.78 is 5.58. The van der Waals surface area contributed by atoms with Gasteiger partial charge in [-0.05, 0) is 54.5 Å². The highest BCUT2D eigenvalue weighted by molar-refractivity contribution is 6.35. The summed E-state index contributed by atoms with van der Waals surface area (Å²) in [5, 5.41) is 3.85. The molecule has 0 heterocycles. The second-order valence-electron chi connectivity index (χ2n) is 5.21. The Bertz CT molecular complexity index is 712. The zero-order valence-corrected chi connectivity index (χ0v) is 14.9. The average Bonchev–Trinajstić information content (AvgIpc) is 2.56. The Labute approximate surface area is 152 Å². The standard InChI is InChI=1S/C19H19Cl2NO2/c1-2-3-12-24-17-9-7-16(8-10-17)22-19(23)11-5-14-4-6-15(20)13-18(14)21/h4-11,13H,2-3,12H2,1H3,(H,22,23)/b11-5+. The number of carbonyl (C=O) groups excluding carboxylic acids is 1. The number of halogens is 2. The van der Waals surface area contributed by atoms with E-state index >= 15 is 0 Å². The maximum Gasteiger partial charge on any atom is 0.248 e. The molecule has 0 atom stereocenters. The van der Waals surface area contributed by atoms with Crippen molar-refractivity contribution in [2.45, 2.75) is 19.8 Å².